The lowest BCUT2D eigenvalue weighted by Gasteiger charge is -2.42. The van der Waals surface area contributed by atoms with Gasteiger partial charge >= 0.3 is 0 Å². The standard InChI is InChI=1S/C16H32N2/c1-13(2)18(11-14-7-8-14)12-16(3,4)15-6-5-9-17-10-15/h13-15,17H,5-12H2,1-4H3. The zero-order valence-corrected chi connectivity index (χ0v) is 12.8. The molecular weight excluding hydrogens is 220 g/mol. The quantitative estimate of drug-likeness (QED) is 0.781. The van der Waals surface area contributed by atoms with Crippen LogP contribution in [0.5, 0.6) is 0 Å². The Morgan fingerprint density at radius 3 is 2.44 bits per heavy atom. The average Bonchev–Trinajstić information content (AvgIpc) is 3.13. The number of hydrogen-bond acceptors (Lipinski definition) is 2. The maximum Gasteiger partial charge on any atom is 0.00389 e. The highest BCUT2D eigenvalue weighted by Crippen LogP contribution is 2.35. The highest BCUT2D eigenvalue weighted by Gasteiger charge is 2.34. The van der Waals surface area contributed by atoms with E-state index in [1.54, 1.807) is 0 Å². The van der Waals surface area contributed by atoms with Crippen molar-refractivity contribution in [3.63, 3.8) is 0 Å². The van der Waals surface area contributed by atoms with Crippen molar-refractivity contribution in [1.29, 1.82) is 0 Å². The maximum atomic E-state index is 3.58. The van der Waals surface area contributed by atoms with Gasteiger partial charge in [0.25, 0.3) is 0 Å². The molecule has 18 heavy (non-hydrogen) atoms. The van der Waals surface area contributed by atoms with Crippen LogP contribution < -0.4 is 5.32 Å². The van der Waals surface area contributed by atoms with Crippen molar-refractivity contribution in [2.75, 3.05) is 26.2 Å². The number of piperidine rings is 1. The second-order valence-corrected chi connectivity index (χ2v) is 7.50. The van der Waals surface area contributed by atoms with Crippen molar-refractivity contribution in [3.8, 4) is 0 Å². The molecule has 1 saturated carbocycles. The molecular formula is C16H32N2. The molecule has 0 spiro atoms. The molecule has 2 fully saturated rings. The molecule has 0 amide bonds. The van der Waals surface area contributed by atoms with Gasteiger partial charge in [0.15, 0.2) is 0 Å². The summed E-state index contributed by atoms with van der Waals surface area (Å²) in [5.74, 6) is 1.86. The molecule has 1 aliphatic carbocycles. The van der Waals surface area contributed by atoms with Crippen molar-refractivity contribution >= 4 is 0 Å². The summed E-state index contributed by atoms with van der Waals surface area (Å²) in [5, 5.41) is 3.58. The fraction of sp³-hybridized carbons (Fsp3) is 1.00. The van der Waals surface area contributed by atoms with Crippen LogP contribution in [0, 0.1) is 17.3 Å². The van der Waals surface area contributed by atoms with E-state index in [0.717, 1.165) is 11.8 Å². The second kappa shape index (κ2) is 5.92. The molecule has 1 N–H and O–H groups in total. The Labute approximate surface area is 114 Å². The highest BCUT2D eigenvalue weighted by molar-refractivity contribution is 4.88. The van der Waals surface area contributed by atoms with Gasteiger partial charge in [-0.15, -0.1) is 0 Å². The third kappa shape index (κ3) is 3.96. The van der Waals surface area contributed by atoms with E-state index in [2.05, 4.69) is 37.9 Å². The van der Waals surface area contributed by atoms with Crippen molar-refractivity contribution < 1.29 is 0 Å². The predicted octanol–water partition coefficient (Wildman–Crippen LogP) is 3.13. The molecule has 1 heterocycles. The van der Waals surface area contributed by atoms with Crippen LogP contribution in [-0.4, -0.2) is 37.1 Å². The van der Waals surface area contributed by atoms with Gasteiger partial charge in [-0.05, 0) is 69.9 Å². The molecule has 1 saturated heterocycles. The normalized spacial score (nSPS) is 26.0. The lowest BCUT2D eigenvalue weighted by molar-refractivity contribution is 0.0795. The van der Waals surface area contributed by atoms with E-state index in [0.29, 0.717) is 11.5 Å². The van der Waals surface area contributed by atoms with E-state index in [4.69, 9.17) is 0 Å². The third-order valence-corrected chi connectivity index (χ3v) is 4.93. The van der Waals surface area contributed by atoms with E-state index in [1.807, 2.05) is 0 Å². The largest absolute Gasteiger partial charge is 0.316 e. The lowest BCUT2D eigenvalue weighted by Crippen LogP contribution is -2.47. The highest BCUT2D eigenvalue weighted by atomic mass is 15.2. The molecule has 0 bridgehead atoms. The zero-order chi connectivity index (χ0) is 13.2. The Bertz CT molecular complexity index is 250. The molecule has 2 heteroatoms. The van der Waals surface area contributed by atoms with E-state index < -0.39 is 0 Å². The Balaban J connectivity index is 1.89. The van der Waals surface area contributed by atoms with E-state index in [9.17, 15) is 0 Å². The van der Waals surface area contributed by atoms with Crippen molar-refractivity contribution in [2.45, 2.75) is 59.4 Å². The van der Waals surface area contributed by atoms with Gasteiger partial charge in [0.2, 0.25) is 0 Å². The van der Waals surface area contributed by atoms with Gasteiger partial charge in [0.05, 0.1) is 0 Å². The van der Waals surface area contributed by atoms with Gasteiger partial charge < -0.3 is 10.2 Å². The molecule has 1 unspecified atom stereocenters. The summed E-state index contributed by atoms with van der Waals surface area (Å²) in [4.78, 5) is 2.73. The van der Waals surface area contributed by atoms with E-state index >= 15 is 0 Å². The number of nitrogens with zero attached hydrogens (tertiary/aromatic N) is 1. The van der Waals surface area contributed by atoms with Gasteiger partial charge in [0, 0.05) is 19.1 Å². The predicted molar refractivity (Wildman–Crippen MR) is 78.8 cm³/mol. The monoisotopic (exact) mass is 252 g/mol. The van der Waals surface area contributed by atoms with Crippen molar-refractivity contribution in [1.82, 2.24) is 10.2 Å². The Kier molecular flexibility index (Phi) is 4.71. The molecule has 2 rings (SSSR count). The topological polar surface area (TPSA) is 15.3 Å². The van der Waals surface area contributed by atoms with Crippen LogP contribution in [0.2, 0.25) is 0 Å². The van der Waals surface area contributed by atoms with Gasteiger partial charge in [-0.1, -0.05) is 13.8 Å². The first kappa shape index (κ1) is 14.3. The minimum Gasteiger partial charge on any atom is -0.316 e. The summed E-state index contributed by atoms with van der Waals surface area (Å²) in [6, 6.07) is 0.696. The zero-order valence-electron chi connectivity index (χ0n) is 12.8. The first-order chi connectivity index (χ1) is 8.49. The smallest absolute Gasteiger partial charge is 0.00389 e. The van der Waals surface area contributed by atoms with E-state index in [-0.39, 0.29) is 0 Å². The van der Waals surface area contributed by atoms with Crippen LogP contribution in [0.3, 0.4) is 0 Å². The van der Waals surface area contributed by atoms with Crippen LogP contribution in [0.15, 0.2) is 0 Å². The SMILES string of the molecule is CC(C)N(CC1CC1)CC(C)(C)C1CCCNC1. The fourth-order valence-electron chi connectivity index (χ4n) is 3.26. The molecule has 0 aromatic carbocycles. The lowest BCUT2D eigenvalue weighted by atomic mass is 9.74. The van der Waals surface area contributed by atoms with Crippen LogP contribution in [0.1, 0.15) is 53.4 Å². The molecule has 0 aromatic rings. The molecule has 106 valence electrons. The van der Waals surface area contributed by atoms with Gasteiger partial charge in [-0.3, -0.25) is 0 Å². The summed E-state index contributed by atoms with van der Waals surface area (Å²) < 4.78 is 0. The number of rotatable bonds is 6. The Morgan fingerprint density at radius 2 is 1.94 bits per heavy atom. The summed E-state index contributed by atoms with van der Waals surface area (Å²) in [6.45, 7) is 14.7. The Hall–Kier alpha value is -0.0800. The van der Waals surface area contributed by atoms with E-state index in [1.165, 1.54) is 51.9 Å². The minimum atomic E-state index is 0.451. The number of nitrogens with one attached hydrogen (secondary N) is 1. The minimum absolute atomic E-state index is 0.451. The molecule has 0 aromatic heterocycles. The summed E-state index contributed by atoms with van der Waals surface area (Å²) in [5.41, 5.74) is 0.451. The van der Waals surface area contributed by atoms with Gasteiger partial charge in [0.1, 0.15) is 0 Å². The first-order valence-electron chi connectivity index (χ1n) is 7.94. The second-order valence-electron chi connectivity index (χ2n) is 7.50. The van der Waals surface area contributed by atoms with Crippen LogP contribution in [0.4, 0.5) is 0 Å². The fourth-order valence-corrected chi connectivity index (χ4v) is 3.26. The van der Waals surface area contributed by atoms with Crippen molar-refractivity contribution in [2.24, 2.45) is 17.3 Å². The molecule has 1 atom stereocenters. The van der Waals surface area contributed by atoms with Crippen LogP contribution in [0.25, 0.3) is 0 Å². The van der Waals surface area contributed by atoms with Crippen LogP contribution >= 0.6 is 0 Å². The molecule has 2 aliphatic rings. The van der Waals surface area contributed by atoms with Gasteiger partial charge in [-0.25, -0.2) is 0 Å². The Morgan fingerprint density at radius 1 is 1.22 bits per heavy atom. The molecule has 0 radical (unpaired) electrons. The first-order valence-corrected chi connectivity index (χ1v) is 7.94. The van der Waals surface area contributed by atoms with Gasteiger partial charge in [-0.2, -0.15) is 0 Å². The average molecular weight is 252 g/mol. The molecule has 1 aliphatic heterocycles. The maximum absolute atomic E-state index is 3.58. The third-order valence-electron chi connectivity index (χ3n) is 4.93. The summed E-state index contributed by atoms with van der Waals surface area (Å²) >= 11 is 0. The summed E-state index contributed by atoms with van der Waals surface area (Å²) in [6.07, 6.45) is 5.71. The number of hydrogen-bond donors (Lipinski definition) is 1. The summed E-state index contributed by atoms with van der Waals surface area (Å²) in [7, 11) is 0. The van der Waals surface area contributed by atoms with Crippen LogP contribution in [-0.2, 0) is 0 Å². The van der Waals surface area contributed by atoms with Crippen molar-refractivity contribution in [3.05, 3.63) is 0 Å². The molecule has 2 nitrogen and oxygen atoms in total.